The molecular weight excluding hydrogens is 284 g/mol. The summed E-state index contributed by atoms with van der Waals surface area (Å²) in [5.74, 6) is 0.604. The van der Waals surface area contributed by atoms with Gasteiger partial charge in [0.2, 0.25) is 0 Å². The number of ether oxygens (including phenoxy) is 1. The molecule has 2 saturated carbocycles. The Morgan fingerprint density at radius 2 is 1.22 bits per heavy atom. The highest BCUT2D eigenvalue weighted by Gasteiger charge is 2.43. The van der Waals surface area contributed by atoms with Crippen LogP contribution in [0.1, 0.15) is 111 Å². The summed E-state index contributed by atoms with van der Waals surface area (Å²) in [6, 6.07) is 0. The van der Waals surface area contributed by atoms with Gasteiger partial charge >= 0.3 is 5.97 Å². The fourth-order valence-electron chi connectivity index (χ4n) is 4.42. The van der Waals surface area contributed by atoms with Crippen molar-refractivity contribution in [1.82, 2.24) is 0 Å². The lowest BCUT2D eigenvalue weighted by Crippen LogP contribution is -2.46. The Balaban J connectivity index is 2.18. The van der Waals surface area contributed by atoms with Crippen molar-refractivity contribution in [3.05, 3.63) is 0 Å². The zero-order valence-corrected chi connectivity index (χ0v) is 15.8. The summed E-state index contributed by atoms with van der Waals surface area (Å²) in [5.41, 5.74) is -0.556. The van der Waals surface area contributed by atoms with Crippen molar-refractivity contribution in [1.29, 1.82) is 0 Å². The Morgan fingerprint density at radius 1 is 0.783 bits per heavy atom. The highest BCUT2D eigenvalue weighted by atomic mass is 16.6. The van der Waals surface area contributed by atoms with Crippen LogP contribution in [0, 0.1) is 11.3 Å². The molecule has 2 nitrogen and oxygen atoms in total. The molecule has 0 amide bonds. The van der Waals surface area contributed by atoms with E-state index in [0.29, 0.717) is 5.92 Å². The van der Waals surface area contributed by atoms with Crippen molar-refractivity contribution < 1.29 is 9.53 Å². The van der Waals surface area contributed by atoms with Gasteiger partial charge in [0.05, 0.1) is 5.41 Å². The first-order chi connectivity index (χ1) is 10.9. The van der Waals surface area contributed by atoms with Gasteiger partial charge in [-0.3, -0.25) is 4.79 Å². The molecule has 0 aromatic carbocycles. The predicted octanol–water partition coefficient (Wildman–Crippen LogP) is 6.42. The zero-order chi connectivity index (χ0) is 16.8. The standard InChI is InChI=1S/C21H38O2/c1-20(2,3)19(22)23-21(16-12-8-5-9-13-17-21)18-14-10-6-4-7-11-15-18/h18H,4-17H2,1-3H3. The summed E-state index contributed by atoms with van der Waals surface area (Å²) < 4.78 is 6.38. The average Bonchev–Trinajstić information content (AvgIpc) is 2.40. The second-order valence-electron chi connectivity index (χ2n) is 9.01. The number of carbonyl (C=O) groups is 1. The minimum atomic E-state index is -0.392. The van der Waals surface area contributed by atoms with Crippen LogP contribution in [0.15, 0.2) is 0 Å². The second-order valence-corrected chi connectivity index (χ2v) is 9.01. The third kappa shape index (κ3) is 5.50. The monoisotopic (exact) mass is 322 g/mol. The van der Waals surface area contributed by atoms with E-state index >= 15 is 0 Å². The maximum absolute atomic E-state index is 12.7. The Labute approximate surface area is 143 Å². The van der Waals surface area contributed by atoms with Gasteiger partial charge < -0.3 is 4.74 Å². The van der Waals surface area contributed by atoms with Crippen molar-refractivity contribution >= 4 is 5.97 Å². The van der Waals surface area contributed by atoms with Crippen molar-refractivity contribution in [3.8, 4) is 0 Å². The molecule has 0 unspecified atom stereocenters. The van der Waals surface area contributed by atoms with Crippen LogP contribution in [0.4, 0.5) is 0 Å². The highest BCUT2D eigenvalue weighted by molar-refractivity contribution is 5.75. The highest BCUT2D eigenvalue weighted by Crippen LogP contribution is 2.43. The third-order valence-corrected chi connectivity index (χ3v) is 5.96. The molecule has 0 N–H and O–H groups in total. The molecular formula is C21H38O2. The molecule has 0 spiro atoms. The normalized spacial score (nSPS) is 24.8. The fraction of sp³-hybridized carbons (Fsp3) is 0.952. The van der Waals surface area contributed by atoms with Gasteiger partial charge in [0.1, 0.15) is 5.60 Å². The Kier molecular flexibility index (Phi) is 6.98. The van der Waals surface area contributed by atoms with Crippen LogP contribution in [0.5, 0.6) is 0 Å². The number of hydrogen-bond acceptors (Lipinski definition) is 2. The molecule has 0 aromatic rings. The second kappa shape index (κ2) is 8.53. The van der Waals surface area contributed by atoms with E-state index < -0.39 is 5.41 Å². The van der Waals surface area contributed by atoms with E-state index in [1.165, 1.54) is 77.0 Å². The molecule has 0 aromatic heterocycles. The van der Waals surface area contributed by atoms with Gasteiger partial charge in [-0.1, -0.05) is 51.4 Å². The van der Waals surface area contributed by atoms with E-state index in [1.807, 2.05) is 20.8 Å². The van der Waals surface area contributed by atoms with Crippen LogP contribution in [0.25, 0.3) is 0 Å². The van der Waals surface area contributed by atoms with Crippen LogP contribution in [0.2, 0.25) is 0 Å². The third-order valence-electron chi connectivity index (χ3n) is 5.96. The maximum atomic E-state index is 12.7. The number of rotatable bonds is 2. The zero-order valence-electron chi connectivity index (χ0n) is 15.8. The lowest BCUT2D eigenvalue weighted by molar-refractivity contribution is -0.181. The summed E-state index contributed by atoms with van der Waals surface area (Å²) >= 11 is 0. The topological polar surface area (TPSA) is 26.3 Å². The minimum Gasteiger partial charge on any atom is -0.458 e. The molecule has 0 aliphatic heterocycles. The molecule has 23 heavy (non-hydrogen) atoms. The van der Waals surface area contributed by atoms with Crippen molar-refractivity contribution in [3.63, 3.8) is 0 Å². The molecule has 2 aliphatic rings. The van der Waals surface area contributed by atoms with Crippen LogP contribution >= 0.6 is 0 Å². The molecule has 2 fully saturated rings. The molecule has 0 heterocycles. The fourth-order valence-corrected chi connectivity index (χ4v) is 4.42. The van der Waals surface area contributed by atoms with Gasteiger partial charge in [-0.15, -0.1) is 0 Å². The lowest BCUT2D eigenvalue weighted by Gasteiger charge is -2.43. The summed E-state index contributed by atoms with van der Waals surface area (Å²) in [6.45, 7) is 5.97. The van der Waals surface area contributed by atoms with E-state index in [1.54, 1.807) is 0 Å². The first kappa shape index (κ1) is 18.8. The summed E-state index contributed by atoms with van der Waals surface area (Å²) in [5, 5.41) is 0. The Hall–Kier alpha value is -0.530. The van der Waals surface area contributed by atoms with Crippen molar-refractivity contribution in [2.24, 2.45) is 11.3 Å². The van der Waals surface area contributed by atoms with Crippen LogP contribution in [0.3, 0.4) is 0 Å². The number of hydrogen-bond donors (Lipinski definition) is 0. The maximum Gasteiger partial charge on any atom is 0.311 e. The minimum absolute atomic E-state index is 0.0140. The summed E-state index contributed by atoms with van der Waals surface area (Å²) in [4.78, 5) is 12.7. The van der Waals surface area contributed by atoms with Crippen LogP contribution in [-0.2, 0) is 9.53 Å². The van der Waals surface area contributed by atoms with E-state index in [2.05, 4.69) is 0 Å². The van der Waals surface area contributed by atoms with Gasteiger partial charge in [-0.25, -0.2) is 0 Å². The molecule has 0 saturated heterocycles. The largest absolute Gasteiger partial charge is 0.458 e. The number of esters is 1. The average molecular weight is 323 g/mol. The molecule has 0 atom stereocenters. The predicted molar refractivity (Wildman–Crippen MR) is 96.4 cm³/mol. The molecule has 0 radical (unpaired) electrons. The van der Waals surface area contributed by atoms with Gasteiger partial charge in [0.15, 0.2) is 0 Å². The first-order valence-electron chi connectivity index (χ1n) is 10.2. The van der Waals surface area contributed by atoms with E-state index in [-0.39, 0.29) is 11.6 Å². The van der Waals surface area contributed by atoms with Gasteiger partial charge in [0, 0.05) is 0 Å². The van der Waals surface area contributed by atoms with E-state index in [4.69, 9.17) is 4.74 Å². The smallest absolute Gasteiger partial charge is 0.311 e. The molecule has 0 bridgehead atoms. The van der Waals surface area contributed by atoms with Crippen LogP contribution < -0.4 is 0 Å². The van der Waals surface area contributed by atoms with Gasteiger partial charge in [0.25, 0.3) is 0 Å². The van der Waals surface area contributed by atoms with Crippen molar-refractivity contribution in [2.45, 2.75) is 116 Å². The van der Waals surface area contributed by atoms with E-state index in [0.717, 1.165) is 12.8 Å². The quantitative estimate of drug-likeness (QED) is 0.548. The van der Waals surface area contributed by atoms with Gasteiger partial charge in [-0.05, 0) is 65.2 Å². The first-order valence-corrected chi connectivity index (χ1v) is 10.2. The summed E-state index contributed by atoms with van der Waals surface area (Å²) in [7, 11) is 0. The van der Waals surface area contributed by atoms with Crippen molar-refractivity contribution in [2.75, 3.05) is 0 Å². The number of carbonyl (C=O) groups excluding carboxylic acids is 1. The Morgan fingerprint density at radius 3 is 1.70 bits per heavy atom. The lowest BCUT2D eigenvalue weighted by atomic mass is 9.72. The van der Waals surface area contributed by atoms with Gasteiger partial charge in [-0.2, -0.15) is 0 Å². The molecule has 2 rings (SSSR count). The summed E-state index contributed by atoms with van der Waals surface area (Å²) in [6.07, 6.45) is 17.9. The SMILES string of the molecule is CC(C)(C)C(=O)OC1(C2CCCCCCC2)CCCCCCC1. The molecule has 2 heteroatoms. The molecule has 2 aliphatic carbocycles. The van der Waals surface area contributed by atoms with Crippen LogP contribution in [-0.4, -0.2) is 11.6 Å². The van der Waals surface area contributed by atoms with E-state index in [9.17, 15) is 4.79 Å². The molecule has 134 valence electrons. The Bertz CT molecular complexity index is 351.